The Bertz CT molecular complexity index is 752. The molecule has 0 unspecified atom stereocenters. The first kappa shape index (κ1) is 22.5. The van der Waals surface area contributed by atoms with Crippen molar-refractivity contribution in [2.45, 2.75) is 27.7 Å². The fourth-order valence-electron chi connectivity index (χ4n) is 2.67. The first-order valence-corrected chi connectivity index (χ1v) is 8.95. The second kappa shape index (κ2) is 10.7. The van der Waals surface area contributed by atoms with Crippen LogP contribution in [0.25, 0.3) is 0 Å². The van der Waals surface area contributed by atoms with Crippen LogP contribution in [0, 0.1) is 40.9 Å². The molecule has 0 aromatic heterocycles. The molecule has 7 nitrogen and oxygen atoms in total. The molecule has 0 heterocycles. The molecule has 2 aromatic carbocycles. The van der Waals surface area contributed by atoms with Crippen molar-refractivity contribution >= 4 is 11.9 Å². The van der Waals surface area contributed by atoms with Crippen LogP contribution in [0.1, 0.15) is 43.0 Å². The van der Waals surface area contributed by atoms with E-state index in [0.29, 0.717) is 11.1 Å². The van der Waals surface area contributed by atoms with Gasteiger partial charge < -0.3 is 4.74 Å². The third-order valence-corrected chi connectivity index (χ3v) is 3.70. The highest BCUT2D eigenvalue weighted by molar-refractivity contribution is 5.90. The highest BCUT2D eigenvalue weighted by atomic mass is 17.3. The van der Waals surface area contributed by atoms with Crippen molar-refractivity contribution in [2.75, 3.05) is 13.2 Å². The molecule has 0 aliphatic heterocycles. The van der Waals surface area contributed by atoms with Crippen molar-refractivity contribution in [2.24, 2.45) is 0 Å². The van der Waals surface area contributed by atoms with Gasteiger partial charge in [-0.25, -0.2) is 9.59 Å². The van der Waals surface area contributed by atoms with Crippen LogP contribution in [0.5, 0.6) is 0 Å². The van der Waals surface area contributed by atoms with Crippen molar-refractivity contribution in [3.05, 3.63) is 83.0 Å². The molecule has 2 aromatic rings. The molecule has 0 bridgehead atoms. The summed E-state index contributed by atoms with van der Waals surface area (Å²) in [7, 11) is 0. The SMILES string of the molecule is [CH2]COC[C](OOC(=O)c1cc(C)cc(C)c1)OOC(=O)c1cc(C)cc(C)c1. The normalized spacial score (nSPS) is 10.8. The lowest BCUT2D eigenvalue weighted by Crippen LogP contribution is -2.20. The van der Waals surface area contributed by atoms with E-state index in [9.17, 15) is 9.59 Å². The summed E-state index contributed by atoms with van der Waals surface area (Å²) in [5, 5.41) is 0. The fraction of sp³-hybridized carbons (Fsp3) is 0.273. The molecule has 0 atom stereocenters. The van der Waals surface area contributed by atoms with Crippen LogP contribution in [0.2, 0.25) is 0 Å². The van der Waals surface area contributed by atoms with E-state index in [0.717, 1.165) is 22.3 Å². The fourth-order valence-corrected chi connectivity index (χ4v) is 2.67. The Morgan fingerprint density at radius 1 is 0.690 bits per heavy atom. The van der Waals surface area contributed by atoms with Crippen molar-refractivity contribution in [3.8, 4) is 0 Å². The molecular formula is C22H24O7. The van der Waals surface area contributed by atoms with E-state index in [-0.39, 0.29) is 19.5 Å². The molecule has 2 radical (unpaired) electrons. The van der Waals surface area contributed by atoms with Gasteiger partial charge >= 0.3 is 18.2 Å². The number of benzene rings is 2. The molecule has 29 heavy (non-hydrogen) atoms. The molecule has 2 rings (SSSR count). The maximum Gasteiger partial charge on any atom is 0.373 e. The van der Waals surface area contributed by atoms with Crippen LogP contribution in [0.3, 0.4) is 0 Å². The van der Waals surface area contributed by atoms with Gasteiger partial charge in [-0.05, 0) is 58.9 Å². The van der Waals surface area contributed by atoms with Crippen molar-refractivity contribution in [3.63, 3.8) is 0 Å². The Balaban J connectivity index is 1.96. The van der Waals surface area contributed by atoms with Gasteiger partial charge in [-0.3, -0.25) is 9.78 Å². The van der Waals surface area contributed by atoms with Gasteiger partial charge in [-0.1, -0.05) is 34.4 Å². The largest absolute Gasteiger partial charge is 0.375 e. The van der Waals surface area contributed by atoms with Crippen LogP contribution in [0.4, 0.5) is 0 Å². The molecule has 0 aliphatic rings. The summed E-state index contributed by atoms with van der Waals surface area (Å²) in [5.41, 5.74) is 4.24. The lowest BCUT2D eigenvalue weighted by Gasteiger charge is -2.13. The minimum Gasteiger partial charge on any atom is -0.375 e. The average Bonchev–Trinajstić information content (AvgIpc) is 2.65. The van der Waals surface area contributed by atoms with Crippen molar-refractivity contribution in [1.82, 2.24) is 0 Å². The molecule has 7 heteroatoms. The molecule has 154 valence electrons. The average molecular weight is 400 g/mol. The zero-order chi connectivity index (χ0) is 21.4. The Hall–Kier alpha value is -2.74. The second-order valence-electron chi connectivity index (χ2n) is 6.59. The van der Waals surface area contributed by atoms with Crippen LogP contribution in [0.15, 0.2) is 36.4 Å². The molecule has 0 amide bonds. The molecule has 0 spiro atoms. The molecule has 0 fully saturated rings. The Morgan fingerprint density at radius 2 is 1.07 bits per heavy atom. The van der Waals surface area contributed by atoms with E-state index in [1.807, 2.05) is 39.8 Å². The van der Waals surface area contributed by atoms with E-state index < -0.39 is 11.9 Å². The maximum atomic E-state index is 12.2. The third kappa shape index (κ3) is 7.30. The van der Waals surface area contributed by atoms with Gasteiger partial charge in [0.2, 0.25) is 0 Å². The van der Waals surface area contributed by atoms with Gasteiger partial charge in [-0.15, -0.1) is 9.78 Å². The van der Waals surface area contributed by atoms with Gasteiger partial charge in [0, 0.05) is 6.61 Å². The number of rotatable bonds is 9. The molecule has 0 saturated heterocycles. The first-order valence-electron chi connectivity index (χ1n) is 8.95. The summed E-state index contributed by atoms with van der Waals surface area (Å²) >= 11 is 0. The van der Waals surface area contributed by atoms with Crippen LogP contribution < -0.4 is 0 Å². The highest BCUT2D eigenvalue weighted by Gasteiger charge is 2.22. The molecular weight excluding hydrogens is 376 g/mol. The molecule has 0 saturated carbocycles. The summed E-state index contributed by atoms with van der Waals surface area (Å²) in [6, 6.07) is 10.5. The smallest absolute Gasteiger partial charge is 0.373 e. The first-order chi connectivity index (χ1) is 13.8. The van der Waals surface area contributed by atoms with E-state index in [1.54, 1.807) is 24.3 Å². The van der Waals surface area contributed by atoms with Gasteiger partial charge in [-0.2, -0.15) is 0 Å². The monoisotopic (exact) mass is 400 g/mol. The van der Waals surface area contributed by atoms with Crippen molar-refractivity contribution in [1.29, 1.82) is 0 Å². The molecule has 0 N–H and O–H groups in total. The lowest BCUT2D eigenvalue weighted by molar-refractivity contribution is -0.368. The van der Waals surface area contributed by atoms with E-state index in [2.05, 4.69) is 6.92 Å². The number of aryl methyl sites for hydroxylation is 4. The minimum absolute atomic E-state index is 0.103. The van der Waals surface area contributed by atoms with E-state index >= 15 is 0 Å². The van der Waals surface area contributed by atoms with Crippen LogP contribution in [-0.4, -0.2) is 25.2 Å². The van der Waals surface area contributed by atoms with Gasteiger partial charge in [0.25, 0.3) is 0 Å². The predicted octanol–water partition coefficient (Wildman–Crippen LogP) is 4.14. The Morgan fingerprint density at radius 3 is 1.41 bits per heavy atom. The van der Waals surface area contributed by atoms with Crippen LogP contribution >= 0.6 is 0 Å². The Labute approximate surface area is 170 Å². The van der Waals surface area contributed by atoms with E-state index in [1.165, 1.54) is 0 Å². The lowest BCUT2D eigenvalue weighted by atomic mass is 10.1. The topological polar surface area (TPSA) is 80.3 Å². The van der Waals surface area contributed by atoms with E-state index in [4.69, 9.17) is 24.3 Å². The number of ether oxygens (including phenoxy) is 1. The molecule has 0 aliphatic carbocycles. The van der Waals surface area contributed by atoms with Gasteiger partial charge in [0.1, 0.15) is 6.61 Å². The van der Waals surface area contributed by atoms with Gasteiger partial charge in [0.05, 0.1) is 11.1 Å². The third-order valence-electron chi connectivity index (χ3n) is 3.70. The predicted molar refractivity (Wildman–Crippen MR) is 104 cm³/mol. The number of hydrogen-bond acceptors (Lipinski definition) is 7. The summed E-state index contributed by atoms with van der Waals surface area (Å²) in [4.78, 5) is 43.7. The summed E-state index contributed by atoms with van der Waals surface area (Å²) < 4.78 is 5.07. The highest BCUT2D eigenvalue weighted by Crippen LogP contribution is 2.15. The Kier molecular flexibility index (Phi) is 8.33. The second-order valence-corrected chi connectivity index (χ2v) is 6.59. The zero-order valence-electron chi connectivity index (χ0n) is 16.9. The minimum atomic E-state index is -0.729. The summed E-state index contributed by atoms with van der Waals surface area (Å²) in [5.74, 6) is -1.46. The number of hydrogen-bond donors (Lipinski definition) is 0. The standard InChI is InChI=1S/C22H24O7/c1-6-25-13-20(26-28-21(23)18-9-14(2)7-15(3)10-18)27-29-22(24)19-11-16(4)8-17(5)12-19/h7-12H,1,6,13H2,2-5H3. The number of carbonyl (C=O) groups excluding carboxylic acids is 2. The van der Waals surface area contributed by atoms with Crippen LogP contribution in [-0.2, 0) is 24.3 Å². The van der Waals surface area contributed by atoms with Crippen molar-refractivity contribution < 1.29 is 33.9 Å². The maximum absolute atomic E-state index is 12.2. The summed E-state index contributed by atoms with van der Waals surface area (Å²) in [6.07, 6.45) is -0.357. The quantitative estimate of drug-likeness (QED) is 0.462. The summed E-state index contributed by atoms with van der Waals surface area (Å²) in [6.45, 7) is 10.8. The van der Waals surface area contributed by atoms with Gasteiger partial charge in [0.15, 0.2) is 0 Å². The zero-order valence-corrected chi connectivity index (χ0v) is 16.9. The number of carbonyl (C=O) groups is 2.